The van der Waals surface area contributed by atoms with Crippen LogP contribution in [0.1, 0.15) is 6.42 Å². The number of Topliss-reactive ketones (excluding diaryl/α,β-unsaturated/α-hetero) is 1. The van der Waals surface area contributed by atoms with Crippen LogP contribution in [0.5, 0.6) is 5.75 Å². The smallest absolute Gasteiger partial charge is 0.175 e. The topological polar surface area (TPSA) is 35.5 Å². The van der Waals surface area contributed by atoms with E-state index in [9.17, 15) is 9.18 Å². The second-order valence-electron chi connectivity index (χ2n) is 3.89. The minimum Gasteiger partial charge on any atom is -0.483 e. The summed E-state index contributed by atoms with van der Waals surface area (Å²) >= 11 is 3.15. The molecule has 0 aromatic heterocycles. The molecule has 0 saturated carbocycles. The molecule has 0 bridgehead atoms. The molecular weight excluding hydrogens is 291 g/mol. The van der Waals surface area contributed by atoms with Gasteiger partial charge in [0.25, 0.3) is 0 Å². The van der Waals surface area contributed by atoms with Crippen LogP contribution in [0.25, 0.3) is 0 Å². The number of carbonyl (C=O) groups is 1. The van der Waals surface area contributed by atoms with Gasteiger partial charge >= 0.3 is 0 Å². The van der Waals surface area contributed by atoms with Gasteiger partial charge in [-0.25, -0.2) is 4.39 Å². The quantitative estimate of drug-likeness (QED) is 0.857. The minimum absolute atomic E-state index is 0.0372. The lowest BCUT2D eigenvalue weighted by Crippen LogP contribution is -2.21. The number of halogens is 2. The fraction of sp³-hybridized carbons (Fsp3) is 0.417. The molecule has 1 aromatic rings. The van der Waals surface area contributed by atoms with Gasteiger partial charge in [0, 0.05) is 17.0 Å². The summed E-state index contributed by atoms with van der Waals surface area (Å²) in [6.45, 7) is 0.959. The number of ketones is 1. The van der Waals surface area contributed by atoms with Crippen LogP contribution in [0.2, 0.25) is 0 Å². The Morgan fingerprint density at radius 3 is 3.06 bits per heavy atom. The van der Waals surface area contributed by atoms with Crippen LogP contribution in [-0.4, -0.2) is 25.6 Å². The van der Waals surface area contributed by atoms with Crippen molar-refractivity contribution in [2.75, 3.05) is 19.8 Å². The van der Waals surface area contributed by atoms with Crippen LogP contribution in [0, 0.1) is 11.7 Å². The lowest BCUT2D eigenvalue weighted by Gasteiger charge is -2.09. The van der Waals surface area contributed by atoms with E-state index in [-0.39, 0.29) is 24.1 Å². The van der Waals surface area contributed by atoms with Gasteiger partial charge in [-0.3, -0.25) is 4.79 Å². The van der Waals surface area contributed by atoms with E-state index < -0.39 is 5.82 Å². The third-order valence-corrected chi connectivity index (χ3v) is 3.14. The van der Waals surface area contributed by atoms with E-state index in [0.29, 0.717) is 17.7 Å². The Balaban J connectivity index is 1.90. The fourth-order valence-electron chi connectivity index (χ4n) is 1.65. The predicted octanol–water partition coefficient (Wildman–Crippen LogP) is 2.57. The highest BCUT2D eigenvalue weighted by Gasteiger charge is 2.23. The standard InChI is InChI=1S/C12H12BrFO3/c13-9-1-2-12(10(14)5-9)17-7-11(15)8-3-4-16-6-8/h1-2,5,8H,3-4,6-7H2. The summed E-state index contributed by atoms with van der Waals surface area (Å²) in [7, 11) is 0. The largest absolute Gasteiger partial charge is 0.483 e. The lowest BCUT2D eigenvalue weighted by molar-refractivity contribution is -0.124. The average Bonchev–Trinajstić information content (AvgIpc) is 2.81. The third kappa shape index (κ3) is 3.26. The van der Waals surface area contributed by atoms with Gasteiger partial charge in [-0.15, -0.1) is 0 Å². The zero-order valence-corrected chi connectivity index (χ0v) is 10.7. The first-order valence-electron chi connectivity index (χ1n) is 5.35. The van der Waals surface area contributed by atoms with E-state index in [1.807, 2.05) is 0 Å². The van der Waals surface area contributed by atoms with Gasteiger partial charge in [-0.1, -0.05) is 15.9 Å². The van der Waals surface area contributed by atoms with Crippen LogP contribution < -0.4 is 4.74 Å². The van der Waals surface area contributed by atoms with Gasteiger partial charge in [0.05, 0.1) is 6.61 Å². The molecule has 5 heteroatoms. The number of hydrogen-bond acceptors (Lipinski definition) is 3. The Kier molecular flexibility index (Phi) is 4.12. The summed E-state index contributed by atoms with van der Waals surface area (Å²) in [6, 6.07) is 4.47. The molecule has 1 aliphatic rings. The fourth-order valence-corrected chi connectivity index (χ4v) is 1.98. The first-order valence-corrected chi connectivity index (χ1v) is 6.14. The highest BCUT2D eigenvalue weighted by atomic mass is 79.9. The molecule has 0 spiro atoms. The van der Waals surface area contributed by atoms with Crippen LogP contribution in [0.3, 0.4) is 0 Å². The number of hydrogen-bond donors (Lipinski definition) is 0. The highest BCUT2D eigenvalue weighted by molar-refractivity contribution is 9.10. The number of carbonyl (C=O) groups excluding carboxylic acids is 1. The number of benzene rings is 1. The molecule has 1 atom stereocenters. The maximum absolute atomic E-state index is 13.4. The molecule has 0 N–H and O–H groups in total. The third-order valence-electron chi connectivity index (χ3n) is 2.65. The summed E-state index contributed by atoms with van der Waals surface area (Å²) in [5, 5.41) is 0. The zero-order chi connectivity index (χ0) is 12.3. The zero-order valence-electron chi connectivity index (χ0n) is 9.12. The maximum atomic E-state index is 13.4. The average molecular weight is 303 g/mol. The Morgan fingerprint density at radius 2 is 2.41 bits per heavy atom. The molecule has 17 heavy (non-hydrogen) atoms. The van der Waals surface area contributed by atoms with Gasteiger partial charge < -0.3 is 9.47 Å². The van der Waals surface area contributed by atoms with E-state index in [4.69, 9.17) is 9.47 Å². The molecule has 0 radical (unpaired) electrons. The summed E-state index contributed by atoms with van der Waals surface area (Å²) in [5.41, 5.74) is 0. The Bertz CT molecular complexity index is 416. The van der Waals surface area contributed by atoms with Gasteiger partial charge in [0.2, 0.25) is 0 Å². The number of rotatable bonds is 4. The van der Waals surface area contributed by atoms with Crippen LogP contribution >= 0.6 is 15.9 Å². The van der Waals surface area contributed by atoms with Crippen molar-refractivity contribution in [3.8, 4) is 5.75 Å². The van der Waals surface area contributed by atoms with Crippen molar-refractivity contribution in [1.29, 1.82) is 0 Å². The van der Waals surface area contributed by atoms with Gasteiger partial charge in [0.1, 0.15) is 6.61 Å². The summed E-state index contributed by atoms with van der Waals surface area (Å²) < 4.78 is 24.3. The van der Waals surface area contributed by atoms with E-state index in [1.165, 1.54) is 12.1 Å². The summed E-state index contributed by atoms with van der Waals surface area (Å²) in [5.74, 6) is -0.520. The van der Waals surface area contributed by atoms with E-state index in [0.717, 1.165) is 6.42 Å². The van der Waals surface area contributed by atoms with Crippen molar-refractivity contribution < 1.29 is 18.7 Å². The van der Waals surface area contributed by atoms with Gasteiger partial charge in [0.15, 0.2) is 17.3 Å². The van der Waals surface area contributed by atoms with Crippen molar-refractivity contribution in [2.24, 2.45) is 5.92 Å². The first-order chi connectivity index (χ1) is 8.16. The van der Waals surface area contributed by atoms with Crippen molar-refractivity contribution in [3.05, 3.63) is 28.5 Å². The molecule has 0 aliphatic carbocycles. The molecule has 1 saturated heterocycles. The van der Waals surface area contributed by atoms with Crippen LogP contribution in [0.4, 0.5) is 4.39 Å². The van der Waals surface area contributed by atoms with Crippen LogP contribution in [-0.2, 0) is 9.53 Å². The molecule has 1 heterocycles. The molecular formula is C12H12BrFO3. The summed E-state index contributed by atoms with van der Waals surface area (Å²) in [6.07, 6.45) is 0.727. The Hall–Kier alpha value is -0.940. The van der Waals surface area contributed by atoms with E-state index in [2.05, 4.69) is 15.9 Å². The second kappa shape index (κ2) is 5.60. The highest BCUT2D eigenvalue weighted by Crippen LogP contribution is 2.22. The van der Waals surface area contributed by atoms with Crippen molar-refractivity contribution >= 4 is 21.7 Å². The Labute approximate surface area is 107 Å². The Morgan fingerprint density at radius 1 is 1.59 bits per heavy atom. The SMILES string of the molecule is O=C(COc1ccc(Br)cc1F)C1CCOC1. The van der Waals surface area contributed by atoms with Crippen molar-refractivity contribution in [1.82, 2.24) is 0 Å². The van der Waals surface area contributed by atoms with Crippen LogP contribution in [0.15, 0.2) is 22.7 Å². The minimum atomic E-state index is -0.477. The predicted molar refractivity (Wildman–Crippen MR) is 63.5 cm³/mol. The molecule has 1 aromatic carbocycles. The molecule has 1 unspecified atom stereocenters. The molecule has 3 nitrogen and oxygen atoms in total. The van der Waals surface area contributed by atoms with Gasteiger partial charge in [-0.2, -0.15) is 0 Å². The normalized spacial score (nSPS) is 19.3. The van der Waals surface area contributed by atoms with E-state index >= 15 is 0 Å². The number of ether oxygens (including phenoxy) is 2. The molecule has 92 valence electrons. The monoisotopic (exact) mass is 302 g/mol. The first kappa shape index (κ1) is 12.5. The second-order valence-corrected chi connectivity index (χ2v) is 4.81. The maximum Gasteiger partial charge on any atom is 0.175 e. The van der Waals surface area contributed by atoms with Crippen molar-refractivity contribution in [2.45, 2.75) is 6.42 Å². The van der Waals surface area contributed by atoms with E-state index in [1.54, 1.807) is 6.07 Å². The lowest BCUT2D eigenvalue weighted by atomic mass is 10.0. The summed E-state index contributed by atoms with van der Waals surface area (Å²) in [4.78, 5) is 11.7. The van der Waals surface area contributed by atoms with Gasteiger partial charge in [-0.05, 0) is 24.6 Å². The molecule has 1 fully saturated rings. The molecule has 2 rings (SSSR count). The molecule has 1 aliphatic heterocycles. The molecule has 0 amide bonds. The van der Waals surface area contributed by atoms with Crippen molar-refractivity contribution in [3.63, 3.8) is 0 Å².